The maximum atomic E-state index is 13.8. The van der Waals surface area contributed by atoms with Crippen molar-refractivity contribution in [3.63, 3.8) is 0 Å². The maximum absolute atomic E-state index is 13.8. The van der Waals surface area contributed by atoms with Gasteiger partial charge in [0.25, 0.3) is 0 Å². The van der Waals surface area contributed by atoms with Gasteiger partial charge in [0.05, 0.1) is 18.7 Å². The molecule has 1 unspecified atom stereocenters. The highest BCUT2D eigenvalue weighted by Gasteiger charge is 2.43. The molecule has 0 aliphatic carbocycles. The Morgan fingerprint density at radius 2 is 0.769 bits per heavy atom. The molecule has 0 aromatic heterocycles. The van der Waals surface area contributed by atoms with Crippen LogP contribution in [0.2, 0.25) is 21.1 Å². The second-order valence-electron chi connectivity index (χ2n) is 18.7. The number of hydrogen-bond donors (Lipinski definition) is 1. The summed E-state index contributed by atoms with van der Waals surface area (Å²) in [6, 6.07) is 0. The van der Waals surface area contributed by atoms with Crippen LogP contribution < -0.4 is 5.32 Å². The third-order valence-corrected chi connectivity index (χ3v) is 19.8. The van der Waals surface area contributed by atoms with Gasteiger partial charge in [-0.25, -0.2) is 35.1 Å². The number of rotatable bonds is 32. The Hall–Kier alpha value is -1.84. The van der Waals surface area contributed by atoms with Gasteiger partial charge in [0, 0.05) is 5.56 Å². The van der Waals surface area contributed by atoms with Crippen molar-refractivity contribution in [1.29, 1.82) is 0 Å². The average molecular weight is 962 g/mol. The SMILES string of the molecule is CCCCCCCCC[NH2+]CCC(CC)CCCC.CCCC[CH2][Al-]([CH2]CCCC)([CH2]CCCC)[CH2]CCCC.Cc1c(F)c(F)c(F)c(C(F)(F)F)c1-c1c(F)c(F)c(F)c(F)c1F. The molecule has 2 aromatic rings. The van der Waals surface area contributed by atoms with Gasteiger partial charge in [-0.3, -0.25) is 0 Å². The van der Waals surface area contributed by atoms with E-state index in [0.29, 0.717) is 6.92 Å². The van der Waals surface area contributed by atoms with E-state index >= 15 is 0 Å². The monoisotopic (exact) mass is 962 g/mol. The van der Waals surface area contributed by atoms with Crippen LogP contribution in [-0.4, -0.2) is 26.2 Å². The molecule has 0 spiro atoms. The number of benzene rings is 2. The zero-order chi connectivity index (χ0) is 49.4. The molecule has 0 saturated carbocycles. The lowest BCUT2D eigenvalue weighted by atomic mass is 9.92. The molecule has 0 fully saturated rings. The van der Waals surface area contributed by atoms with Crippen LogP contribution in [0.3, 0.4) is 0 Å². The molecule has 65 heavy (non-hydrogen) atoms. The number of nitrogens with two attached hydrogens (primary N) is 1. The molecular weight excluding hydrogens is 875 g/mol. The van der Waals surface area contributed by atoms with E-state index in [1.54, 1.807) is 46.8 Å². The van der Waals surface area contributed by atoms with Gasteiger partial charge in [-0.15, -0.1) is 0 Å². The zero-order valence-corrected chi connectivity index (χ0v) is 42.8. The topological polar surface area (TPSA) is 16.6 Å². The summed E-state index contributed by atoms with van der Waals surface area (Å²) in [5, 5.41) is 9.27. The molecule has 0 saturated heterocycles. The van der Waals surface area contributed by atoms with Gasteiger partial charge in [-0.05, 0) is 37.7 Å². The van der Waals surface area contributed by atoms with Crippen LogP contribution in [0.25, 0.3) is 11.1 Å². The summed E-state index contributed by atoms with van der Waals surface area (Å²) in [7, 11) is 0. The van der Waals surface area contributed by atoms with Gasteiger partial charge in [0.15, 0.2) is 40.7 Å². The van der Waals surface area contributed by atoms with E-state index in [9.17, 15) is 48.3 Å². The zero-order valence-electron chi connectivity index (χ0n) is 41.6. The third-order valence-electron chi connectivity index (χ3n) is 13.3. The molecule has 0 bridgehead atoms. The molecule has 0 heterocycles. The van der Waals surface area contributed by atoms with Crippen LogP contribution >= 0.6 is 0 Å². The van der Waals surface area contributed by atoms with Crippen LogP contribution in [0.15, 0.2) is 0 Å². The average Bonchev–Trinajstić information content (AvgIpc) is 3.28. The number of unbranched alkanes of at least 4 members (excludes halogenated alkanes) is 15. The first-order valence-electron chi connectivity index (χ1n) is 25.7. The minimum absolute atomic E-state index is 0.362. The summed E-state index contributed by atoms with van der Waals surface area (Å²) < 4.78 is 146. The van der Waals surface area contributed by atoms with Gasteiger partial charge in [0.1, 0.15) is 18.6 Å². The summed E-state index contributed by atoms with van der Waals surface area (Å²) in [5.74, 6) is -20.2. The fourth-order valence-electron chi connectivity index (χ4n) is 9.15. The van der Waals surface area contributed by atoms with Gasteiger partial charge in [0.2, 0.25) is 5.82 Å². The summed E-state index contributed by atoms with van der Waals surface area (Å²) >= 11 is -1.27. The first-order valence-corrected chi connectivity index (χ1v) is 29.0. The largest absolute Gasteiger partial charge is 0.419 e. The van der Waals surface area contributed by atoms with Crippen molar-refractivity contribution >= 4 is 13.1 Å². The van der Waals surface area contributed by atoms with E-state index in [1.807, 2.05) is 0 Å². The van der Waals surface area contributed by atoms with Crippen molar-refractivity contribution in [2.75, 3.05) is 13.1 Å². The lowest BCUT2D eigenvalue weighted by Crippen LogP contribution is -2.84. The second-order valence-corrected chi connectivity index (χ2v) is 24.4. The molecule has 2 rings (SSSR count). The van der Waals surface area contributed by atoms with E-state index in [1.165, 1.54) is 142 Å². The van der Waals surface area contributed by atoms with Crippen LogP contribution in [0.5, 0.6) is 0 Å². The Morgan fingerprint density at radius 3 is 1.17 bits per heavy atom. The van der Waals surface area contributed by atoms with Crippen molar-refractivity contribution in [1.82, 2.24) is 0 Å². The van der Waals surface area contributed by atoms with E-state index in [2.05, 4.69) is 53.8 Å². The van der Waals surface area contributed by atoms with Crippen molar-refractivity contribution in [3.8, 4) is 11.1 Å². The summed E-state index contributed by atoms with van der Waals surface area (Å²) in [6.45, 7) is 19.5. The highest BCUT2D eigenvalue weighted by Crippen LogP contribution is 2.45. The number of hydrogen-bond acceptors (Lipinski definition) is 0. The predicted octanol–water partition coefficient (Wildman–Crippen LogP) is 18.9. The molecule has 2 N–H and O–H groups in total. The van der Waals surface area contributed by atoms with Crippen LogP contribution in [-0.2, 0) is 6.18 Å². The minimum atomic E-state index is -5.83. The van der Waals surface area contributed by atoms with E-state index < -0.39 is 88.0 Å². The Morgan fingerprint density at radius 1 is 0.400 bits per heavy atom. The van der Waals surface area contributed by atoms with E-state index in [4.69, 9.17) is 0 Å². The van der Waals surface area contributed by atoms with Gasteiger partial charge >= 0.3 is 6.18 Å². The Bertz CT molecular complexity index is 1470. The first-order chi connectivity index (χ1) is 30.9. The maximum Gasteiger partial charge on any atom is 0.419 e. The third kappa shape index (κ3) is 23.4. The summed E-state index contributed by atoms with van der Waals surface area (Å²) in [6.07, 6.45) is 29.0. The van der Waals surface area contributed by atoms with Crippen LogP contribution in [0.1, 0.15) is 214 Å². The minimum Gasteiger partial charge on any atom is -0.346 e. The molecule has 0 aliphatic heterocycles. The molecule has 0 radical (unpaired) electrons. The molecule has 2 aromatic carbocycles. The highest BCUT2D eigenvalue weighted by atomic mass is 27.2. The first kappa shape index (κ1) is 63.2. The van der Waals surface area contributed by atoms with Crippen LogP contribution in [0.4, 0.5) is 48.3 Å². The molecule has 1 nitrogen and oxygen atoms in total. The quantitative estimate of drug-likeness (QED) is 0.0247. The standard InChI is InChI=1S/C18H39N.C14H3F11.4C5H11.Al/c1-4-7-9-10-11-12-13-16-19-17-15-18(6-3)14-8-5-2;1-2-3(4-7(16)11(20)13(22)12(21)8(4)17)5(14(23,24)25)9(18)10(19)6(2)15;4*1-3-5-4-2;/h18-19H,4-17H2,1-3H3;1H3;4*1,3-5H2,2H3;/q;;;;;;-1/p+1. The van der Waals surface area contributed by atoms with Crippen molar-refractivity contribution in [2.45, 2.75) is 237 Å². The summed E-state index contributed by atoms with van der Waals surface area (Å²) in [5.41, 5.74) is -8.45. The smallest absolute Gasteiger partial charge is 0.346 e. The Labute approximate surface area is 390 Å². The van der Waals surface area contributed by atoms with Gasteiger partial charge in [-0.1, -0.05) is 183 Å². The second kappa shape index (κ2) is 36.2. The number of quaternary nitrogens is 1. The van der Waals surface area contributed by atoms with Gasteiger partial charge < -0.3 is 5.32 Å². The number of alkyl halides is 3. The van der Waals surface area contributed by atoms with E-state index in [-0.39, 0.29) is 0 Å². The van der Waals surface area contributed by atoms with E-state index in [0.717, 1.165) is 5.92 Å². The normalized spacial score (nSPS) is 12.2. The molecule has 13 heteroatoms. The molecule has 380 valence electrons. The van der Waals surface area contributed by atoms with Crippen LogP contribution in [0, 0.1) is 59.4 Å². The lowest BCUT2D eigenvalue weighted by molar-refractivity contribution is -0.656. The molecule has 1 atom stereocenters. The van der Waals surface area contributed by atoms with Crippen molar-refractivity contribution in [3.05, 3.63) is 57.7 Å². The fraction of sp³-hybridized carbons (Fsp3) is 0.769. The highest BCUT2D eigenvalue weighted by molar-refractivity contribution is 6.79. The lowest BCUT2D eigenvalue weighted by Gasteiger charge is -2.37. The molecule has 0 amide bonds. The summed E-state index contributed by atoms with van der Waals surface area (Å²) in [4.78, 5) is 0. The predicted molar refractivity (Wildman–Crippen MR) is 252 cm³/mol. The number of halogens is 11. The van der Waals surface area contributed by atoms with Gasteiger partial charge in [-0.2, -0.15) is 34.3 Å². The van der Waals surface area contributed by atoms with Crippen molar-refractivity contribution < 1.29 is 53.6 Å². The van der Waals surface area contributed by atoms with Crippen molar-refractivity contribution in [2.24, 2.45) is 5.92 Å². The Balaban J connectivity index is 0.000000957. The fourth-order valence-corrected chi connectivity index (χ4v) is 15.5. The molecular formula is C52H87AlF11N. The molecule has 0 aliphatic rings. The Kier molecular flexibility index (Phi) is 35.2.